The lowest BCUT2D eigenvalue weighted by Crippen LogP contribution is -2.19. The molecule has 118 valence electrons. The Balaban J connectivity index is 2.04. The van der Waals surface area contributed by atoms with E-state index in [9.17, 15) is 9.59 Å². The minimum atomic E-state index is -0.634. The first-order valence-corrected chi connectivity index (χ1v) is 7.12. The number of ketones is 1. The van der Waals surface area contributed by atoms with E-state index in [0.29, 0.717) is 11.3 Å². The molecule has 0 heterocycles. The Morgan fingerprint density at radius 1 is 1.00 bits per heavy atom. The third-order valence-corrected chi connectivity index (χ3v) is 3.27. The van der Waals surface area contributed by atoms with E-state index >= 15 is 0 Å². The van der Waals surface area contributed by atoms with E-state index in [1.54, 1.807) is 30.3 Å². The second kappa shape index (κ2) is 7.26. The molecule has 0 aromatic heterocycles. The van der Waals surface area contributed by atoms with Crippen LogP contribution in [0.4, 0.5) is 16.2 Å². The molecule has 5 heteroatoms. The zero-order valence-electron chi connectivity index (χ0n) is 13.1. The van der Waals surface area contributed by atoms with Gasteiger partial charge in [-0.3, -0.25) is 4.79 Å². The van der Waals surface area contributed by atoms with Gasteiger partial charge < -0.3 is 16.0 Å². The number of allylic oxidation sites excluding steroid dienone is 1. The highest BCUT2D eigenvalue weighted by atomic mass is 16.2. The molecular formula is C18H19N3O2. The van der Waals surface area contributed by atoms with E-state index in [1.807, 2.05) is 43.3 Å². The van der Waals surface area contributed by atoms with Gasteiger partial charge in [0.05, 0.1) is 0 Å². The highest BCUT2D eigenvalue weighted by Crippen LogP contribution is 2.14. The van der Waals surface area contributed by atoms with Crippen LogP contribution in [0.1, 0.15) is 15.9 Å². The summed E-state index contributed by atoms with van der Waals surface area (Å²) in [5.41, 5.74) is 8.19. The van der Waals surface area contributed by atoms with Crippen molar-refractivity contribution >= 4 is 29.3 Å². The summed E-state index contributed by atoms with van der Waals surface area (Å²) in [6.45, 7) is 0. The number of nitrogens with two attached hydrogens (primary N) is 1. The van der Waals surface area contributed by atoms with Crippen LogP contribution in [0.25, 0.3) is 6.08 Å². The monoisotopic (exact) mass is 309 g/mol. The first kappa shape index (κ1) is 16.3. The molecule has 0 radical (unpaired) electrons. The van der Waals surface area contributed by atoms with Crippen molar-refractivity contribution in [1.82, 2.24) is 0 Å². The van der Waals surface area contributed by atoms with Crippen LogP contribution in [0.3, 0.4) is 0 Å². The van der Waals surface area contributed by atoms with Crippen molar-refractivity contribution in [2.45, 2.75) is 0 Å². The molecule has 2 amide bonds. The normalized spacial score (nSPS) is 10.5. The molecule has 0 atom stereocenters. The standard InChI is InChI=1S/C18H19N3O2/c1-21(2)16-10-3-13(4-11-16)5-12-17(22)14-6-8-15(9-7-14)20-18(19)23/h3-12H,1-2H3,(H3,19,20,23)/b12-5-. The van der Waals surface area contributed by atoms with Crippen molar-refractivity contribution in [2.75, 3.05) is 24.3 Å². The van der Waals surface area contributed by atoms with Crippen LogP contribution in [0.5, 0.6) is 0 Å². The van der Waals surface area contributed by atoms with E-state index in [2.05, 4.69) is 5.32 Å². The van der Waals surface area contributed by atoms with Gasteiger partial charge in [0.15, 0.2) is 5.78 Å². The number of urea groups is 1. The lowest BCUT2D eigenvalue weighted by atomic mass is 10.1. The number of nitrogens with one attached hydrogen (secondary N) is 1. The number of amides is 2. The van der Waals surface area contributed by atoms with Gasteiger partial charge in [0.25, 0.3) is 0 Å². The van der Waals surface area contributed by atoms with Crippen LogP contribution in [-0.2, 0) is 0 Å². The molecule has 5 nitrogen and oxygen atoms in total. The molecule has 2 rings (SSSR count). The fourth-order valence-corrected chi connectivity index (χ4v) is 2.01. The smallest absolute Gasteiger partial charge is 0.316 e. The van der Waals surface area contributed by atoms with Gasteiger partial charge >= 0.3 is 6.03 Å². The summed E-state index contributed by atoms with van der Waals surface area (Å²) in [5.74, 6) is -0.104. The van der Waals surface area contributed by atoms with Crippen molar-refractivity contribution in [3.63, 3.8) is 0 Å². The number of carbonyl (C=O) groups excluding carboxylic acids is 2. The Hall–Kier alpha value is -3.08. The maximum absolute atomic E-state index is 12.1. The third-order valence-electron chi connectivity index (χ3n) is 3.27. The number of primary amides is 1. The lowest BCUT2D eigenvalue weighted by Gasteiger charge is -2.11. The molecule has 3 N–H and O–H groups in total. The van der Waals surface area contributed by atoms with Gasteiger partial charge in [-0.1, -0.05) is 18.2 Å². The van der Waals surface area contributed by atoms with E-state index in [1.165, 1.54) is 6.08 Å². The lowest BCUT2D eigenvalue weighted by molar-refractivity contribution is 0.104. The molecule has 0 aliphatic heterocycles. The molecular weight excluding hydrogens is 290 g/mol. The highest BCUT2D eigenvalue weighted by Gasteiger charge is 2.03. The van der Waals surface area contributed by atoms with Crippen molar-refractivity contribution < 1.29 is 9.59 Å². The predicted octanol–water partition coefficient (Wildman–Crippen LogP) is 3.14. The molecule has 0 bridgehead atoms. The summed E-state index contributed by atoms with van der Waals surface area (Å²) < 4.78 is 0. The Kier molecular flexibility index (Phi) is 5.15. The van der Waals surface area contributed by atoms with E-state index < -0.39 is 6.03 Å². The summed E-state index contributed by atoms with van der Waals surface area (Å²) in [7, 11) is 3.95. The Bertz CT molecular complexity index is 717. The minimum Gasteiger partial charge on any atom is -0.378 e. The summed E-state index contributed by atoms with van der Waals surface area (Å²) in [4.78, 5) is 24.9. The molecule has 2 aromatic carbocycles. The second-order valence-electron chi connectivity index (χ2n) is 5.25. The third kappa shape index (κ3) is 4.71. The summed E-state index contributed by atoms with van der Waals surface area (Å²) in [6.07, 6.45) is 3.30. The number of nitrogens with zero attached hydrogens (tertiary/aromatic N) is 1. The maximum Gasteiger partial charge on any atom is 0.316 e. The molecule has 0 fully saturated rings. The van der Waals surface area contributed by atoms with E-state index in [-0.39, 0.29) is 5.78 Å². The number of anilines is 2. The molecule has 0 saturated heterocycles. The summed E-state index contributed by atoms with van der Waals surface area (Å²) in [6, 6.07) is 13.8. The highest BCUT2D eigenvalue weighted by molar-refractivity contribution is 6.07. The van der Waals surface area contributed by atoms with Crippen LogP contribution in [0.15, 0.2) is 54.6 Å². The van der Waals surface area contributed by atoms with Gasteiger partial charge in [-0.2, -0.15) is 0 Å². The number of benzene rings is 2. The van der Waals surface area contributed by atoms with Crippen molar-refractivity contribution in [1.29, 1.82) is 0 Å². The molecule has 0 saturated carbocycles. The number of rotatable bonds is 5. The number of hydrogen-bond acceptors (Lipinski definition) is 3. The topological polar surface area (TPSA) is 75.4 Å². The van der Waals surface area contributed by atoms with Crippen molar-refractivity contribution in [3.8, 4) is 0 Å². The molecule has 0 spiro atoms. The Labute approximate surface area is 135 Å². The first-order valence-electron chi connectivity index (χ1n) is 7.12. The van der Waals surface area contributed by atoms with Gasteiger partial charge in [0.2, 0.25) is 0 Å². The zero-order valence-corrected chi connectivity index (χ0v) is 13.1. The maximum atomic E-state index is 12.1. The number of hydrogen-bond donors (Lipinski definition) is 2. The van der Waals surface area contributed by atoms with Crippen LogP contribution in [-0.4, -0.2) is 25.9 Å². The first-order chi connectivity index (χ1) is 11.0. The molecule has 0 unspecified atom stereocenters. The van der Waals surface area contributed by atoms with Crippen LogP contribution in [0.2, 0.25) is 0 Å². The van der Waals surface area contributed by atoms with Gasteiger partial charge in [-0.25, -0.2) is 4.79 Å². The minimum absolute atomic E-state index is 0.104. The molecule has 0 aliphatic carbocycles. The quantitative estimate of drug-likeness (QED) is 0.658. The van der Waals surface area contributed by atoms with Crippen LogP contribution in [0, 0.1) is 0 Å². The Morgan fingerprint density at radius 3 is 2.13 bits per heavy atom. The van der Waals surface area contributed by atoms with Crippen LogP contribution >= 0.6 is 0 Å². The van der Waals surface area contributed by atoms with Crippen molar-refractivity contribution in [3.05, 3.63) is 65.7 Å². The second-order valence-corrected chi connectivity index (χ2v) is 5.25. The van der Waals surface area contributed by atoms with Gasteiger partial charge in [-0.15, -0.1) is 0 Å². The summed E-state index contributed by atoms with van der Waals surface area (Å²) >= 11 is 0. The molecule has 2 aromatic rings. The summed E-state index contributed by atoms with van der Waals surface area (Å²) in [5, 5.41) is 2.45. The average Bonchev–Trinajstić information content (AvgIpc) is 2.53. The molecule has 23 heavy (non-hydrogen) atoms. The van der Waals surface area contributed by atoms with Crippen molar-refractivity contribution in [2.24, 2.45) is 5.73 Å². The van der Waals surface area contributed by atoms with E-state index in [0.717, 1.165) is 11.3 Å². The van der Waals surface area contributed by atoms with Crippen LogP contribution < -0.4 is 16.0 Å². The fraction of sp³-hybridized carbons (Fsp3) is 0.111. The zero-order chi connectivity index (χ0) is 16.8. The average molecular weight is 309 g/mol. The predicted molar refractivity (Wildman–Crippen MR) is 93.8 cm³/mol. The van der Waals surface area contributed by atoms with Gasteiger partial charge in [0, 0.05) is 31.0 Å². The Morgan fingerprint density at radius 2 is 1.61 bits per heavy atom. The number of carbonyl (C=O) groups is 2. The largest absolute Gasteiger partial charge is 0.378 e. The van der Waals surface area contributed by atoms with Gasteiger partial charge in [0.1, 0.15) is 0 Å². The SMILES string of the molecule is CN(C)c1ccc(/C=C\C(=O)c2ccc(NC(N)=O)cc2)cc1. The fourth-order valence-electron chi connectivity index (χ4n) is 2.01. The molecule has 0 aliphatic rings. The van der Waals surface area contributed by atoms with E-state index in [4.69, 9.17) is 5.73 Å². The van der Waals surface area contributed by atoms with Gasteiger partial charge in [-0.05, 0) is 48.0 Å².